The van der Waals surface area contributed by atoms with Gasteiger partial charge in [0.25, 0.3) is 0 Å². The molecule has 0 aliphatic rings. The normalized spacial score (nSPS) is 13.5. The highest BCUT2D eigenvalue weighted by atomic mass is 16.4. The number of aliphatic carboxylic acids is 1. The van der Waals surface area contributed by atoms with Crippen LogP contribution < -0.4 is 0 Å². The zero-order valence-electron chi connectivity index (χ0n) is 13.1. The van der Waals surface area contributed by atoms with Gasteiger partial charge in [-0.15, -0.1) is 5.92 Å². The molecule has 0 rings (SSSR count). The van der Waals surface area contributed by atoms with E-state index in [1.54, 1.807) is 24.3 Å². The maximum absolute atomic E-state index is 10.3. The number of allylic oxidation sites excluding steroid dienone is 3. The van der Waals surface area contributed by atoms with Crippen LogP contribution in [0.5, 0.6) is 0 Å². The molecule has 4 nitrogen and oxygen atoms in total. The van der Waals surface area contributed by atoms with Crippen molar-refractivity contribution in [3.63, 3.8) is 0 Å². The van der Waals surface area contributed by atoms with E-state index in [2.05, 4.69) is 23.7 Å². The molecule has 4 heteroatoms. The van der Waals surface area contributed by atoms with Gasteiger partial charge in [0.05, 0.1) is 6.10 Å². The summed E-state index contributed by atoms with van der Waals surface area (Å²) in [6.45, 7) is 3.99. The second kappa shape index (κ2) is 12.7. The molecule has 0 aliphatic carbocycles. The van der Waals surface area contributed by atoms with Gasteiger partial charge in [-0.25, -0.2) is 0 Å². The molecular formula is C18H24O4. The van der Waals surface area contributed by atoms with Crippen LogP contribution in [0.15, 0.2) is 24.3 Å². The summed E-state index contributed by atoms with van der Waals surface area (Å²) < 4.78 is 0. The fourth-order valence-electron chi connectivity index (χ4n) is 1.39. The SMILES string of the molecule is CC(C)C#CC[C@@H](O)/C=C/C=C/C#C[C@@H](O)CCCC(=O)O. The summed E-state index contributed by atoms with van der Waals surface area (Å²) in [5, 5.41) is 27.5. The van der Waals surface area contributed by atoms with E-state index in [9.17, 15) is 15.0 Å². The van der Waals surface area contributed by atoms with Crippen molar-refractivity contribution in [2.45, 2.75) is 51.7 Å². The van der Waals surface area contributed by atoms with Gasteiger partial charge in [-0.1, -0.05) is 49.8 Å². The molecule has 0 fully saturated rings. The highest BCUT2D eigenvalue weighted by Crippen LogP contribution is 1.99. The van der Waals surface area contributed by atoms with E-state index in [-0.39, 0.29) is 6.42 Å². The first-order valence-electron chi connectivity index (χ1n) is 7.32. The zero-order chi connectivity index (χ0) is 16.8. The topological polar surface area (TPSA) is 77.8 Å². The van der Waals surface area contributed by atoms with Crippen molar-refractivity contribution in [3.05, 3.63) is 24.3 Å². The van der Waals surface area contributed by atoms with Crippen LogP contribution in [0.1, 0.15) is 39.5 Å². The van der Waals surface area contributed by atoms with Crippen LogP contribution in [-0.2, 0) is 4.79 Å². The van der Waals surface area contributed by atoms with E-state index in [0.29, 0.717) is 25.2 Å². The molecule has 3 N–H and O–H groups in total. The number of hydrogen-bond donors (Lipinski definition) is 3. The minimum Gasteiger partial charge on any atom is -0.481 e. The third-order valence-corrected chi connectivity index (χ3v) is 2.44. The number of aliphatic hydroxyl groups is 2. The van der Waals surface area contributed by atoms with E-state index in [0.717, 1.165) is 0 Å². The second-order valence-corrected chi connectivity index (χ2v) is 5.08. The fraction of sp³-hybridized carbons (Fsp3) is 0.500. The summed E-state index contributed by atoms with van der Waals surface area (Å²) >= 11 is 0. The van der Waals surface area contributed by atoms with Crippen molar-refractivity contribution >= 4 is 5.97 Å². The Kier molecular flexibility index (Phi) is 11.5. The minimum absolute atomic E-state index is 0.0366. The minimum atomic E-state index is -0.873. The van der Waals surface area contributed by atoms with Gasteiger partial charge in [0, 0.05) is 18.8 Å². The van der Waals surface area contributed by atoms with Crippen LogP contribution in [0.4, 0.5) is 0 Å². The number of hydrogen-bond acceptors (Lipinski definition) is 3. The number of carbonyl (C=O) groups is 1. The number of carboxylic acids is 1. The van der Waals surface area contributed by atoms with Crippen molar-refractivity contribution in [3.8, 4) is 23.7 Å². The predicted molar refractivity (Wildman–Crippen MR) is 86.8 cm³/mol. The lowest BCUT2D eigenvalue weighted by atomic mass is 10.1. The van der Waals surface area contributed by atoms with Gasteiger partial charge in [-0.2, -0.15) is 0 Å². The maximum Gasteiger partial charge on any atom is 0.303 e. The lowest BCUT2D eigenvalue weighted by molar-refractivity contribution is -0.137. The molecule has 0 aromatic heterocycles. The molecule has 0 unspecified atom stereocenters. The first-order valence-corrected chi connectivity index (χ1v) is 7.32. The fourth-order valence-corrected chi connectivity index (χ4v) is 1.39. The summed E-state index contributed by atoms with van der Waals surface area (Å²) in [6.07, 6.45) is 6.28. The molecule has 0 heterocycles. The van der Waals surface area contributed by atoms with E-state index in [4.69, 9.17) is 5.11 Å². The van der Waals surface area contributed by atoms with Crippen molar-refractivity contribution in [1.82, 2.24) is 0 Å². The first kappa shape index (κ1) is 20.0. The number of rotatable bonds is 7. The smallest absolute Gasteiger partial charge is 0.303 e. The highest BCUT2D eigenvalue weighted by molar-refractivity contribution is 5.66. The van der Waals surface area contributed by atoms with Crippen molar-refractivity contribution in [2.75, 3.05) is 0 Å². The molecule has 0 spiro atoms. The van der Waals surface area contributed by atoms with Gasteiger partial charge >= 0.3 is 5.97 Å². The Bertz CT molecular complexity index is 495. The standard InChI is InChI=1S/C18H24O4/c1-15(2)9-7-12-16(19)10-5-3-4-6-11-17(20)13-8-14-18(21)22/h3-5,10,15-17,19-20H,8,12-14H2,1-2H3,(H,21,22)/b4-3+,10-5+/t16-,17+/m0/s1. The Labute approximate surface area is 132 Å². The molecule has 0 saturated heterocycles. The van der Waals surface area contributed by atoms with E-state index >= 15 is 0 Å². The van der Waals surface area contributed by atoms with Gasteiger partial charge < -0.3 is 15.3 Å². The monoisotopic (exact) mass is 304 g/mol. The van der Waals surface area contributed by atoms with E-state index in [1.165, 1.54) is 0 Å². The molecule has 0 radical (unpaired) electrons. The third kappa shape index (κ3) is 14.4. The average molecular weight is 304 g/mol. The highest BCUT2D eigenvalue weighted by Gasteiger charge is 2.01. The second-order valence-electron chi connectivity index (χ2n) is 5.08. The molecular weight excluding hydrogens is 280 g/mol. The summed E-state index contributed by atoms with van der Waals surface area (Å²) in [5.74, 6) is 10.6. The van der Waals surface area contributed by atoms with Gasteiger partial charge in [0.15, 0.2) is 0 Å². The molecule has 0 aromatic carbocycles. The average Bonchev–Trinajstić information content (AvgIpc) is 2.41. The first-order chi connectivity index (χ1) is 10.4. The lowest BCUT2D eigenvalue weighted by Crippen LogP contribution is -2.04. The van der Waals surface area contributed by atoms with Crippen LogP contribution in [0.25, 0.3) is 0 Å². The molecule has 0 saturated carbocycles. The third-order valence-electron chi connectivity index (χ3n) is 2.44. The maximum atomic E-state index is 10.3. The molecule has 0 aromatic rings. The largest absolute Gasteiger partial charge is 0.481 e. The molecule has 2 atom stereocenters. The summed E-state index contributed by atoms with van der Waals surface area (Å²) in [7, 11) is 0. The van der Waals surface area contributed by atoms with Crippen molar-refractivity contribution < 1.29 is 20.1 Å². The Morgan fingerprint density at radius 3 is 2.55 bits per heavy atom. The molecule has 0 aliphatic heterocycles. The van der Waals surface area contributed by atoms with Gasteiger partial charge in [-0.05, 0) is 18.9 Å². The van der Waals surface area contributed by atoms with Crippen LogP contribution in [0.2, 0.25) is 0 Å². The van der Waals surface area contributed by atoms with Gasteiger partial charge in [0.1, 0.15) is 6.10 Å². The Morgan fingerprint density at radius 2 is 1.91 bits per heavy atom. The number of carboxylic acid groups (broad SMARTS) is 1. The van der Waals surface area contributed by atoms with Gasteiger partial charge in [0.2, 0.25) is 0 Å². The quantitative estimate of drug-likeness (QED) is 0.497. The Hall–Kier alpha value is -2.01. The van der Waals surface area contributed by atoms with Crippen LogP contribution in [0, 0.1) is 29.6 Å². The molecule has 120 valence electrons. The molecule has 0 amide bonds. The molecule has 22 heavy (non-hydrogen) atoms. The van der Waals surface area contributed by atoms with Crippen LogP contribution in [-0.4, -0.2) is 33.5 Å². The van der Waals surface area contributed by atoms with E-state index in [1.807, 2.05) is 13.8 Å². The van der Waals surface area contributed by atoms with Crippen molar-refractivity contribution in [1.29, 1.82) is 0 Å². The molecule has 0 bridgehead atoms. The zero-order valence-corrected chi connectivity index (χ0v) is 13.1. The van der Waals surface area contributed by atoms with Gasteiger partial charge in [-0.3, -0.25) is 4.79 Å². The van der Waals surface area contributed by atoms with Crippen LogP contribution in [0.3, 0.4) is 0 Å². The predicted octanol–water partition coefficient (Wildman–Crippen LogP) is 2.13. The van der Waals surface area contributed by atoms with E-state index < -0.39 is 18.2 Å². The lowest BCUT2D eigenvalue weighted by Gasteiger charge is -1.99. The summed E-state index contributed by atoms with van der Waals surface area (Å²) in [6, 6.07) is 0. The Morgan fingerprint density at radius 1 is 1.18 bits per heavy atom. The Balaban J connectivity index is 3.99. The number of aliphatic hydroxyl groups excluding tert-OH is 2. The summed E-state index contributed by atoms with van der Waals surface area (Å²) in [5.41, 5.74) is 0. The van der Waals surface area contributed by atoms with Crippen LogP contribution >= 0.6 is 0 Å². The summed E-state index contributed by atoms with van der Waals surface area (Å²) in [4.78, 5) is 10.3. The van der Waals surface area contributed by atoms with Crippen molar-refractivity contribution in [2.24, 2.45) is 5.92 Å².